The quantitative estimate of drug-likeness (QED) is 0.904. The van der Waals surface area contributed by atoms with Crippen molar-refractivity contribution in [3.8, 4) is 11.4 Å². The third kappa shape index (κ3) is 3.62. The highest BCUT2D eigenvalue weighted by Gasteiger charge is 2.25. The maximum absolute atomic E-state index is 13.3. The first kappa shape index (κ1) is 16.6. The van der Waals surface area contributed by atoms with E-state index in [9.17, 15) is 9.18 Å². The molecule has 7 heteroatoms. The van der Waals surface area contributed by atoms with Gasteiger partial charge in [0.25, 0.3) is 0 Å². The molecule has 1 aliphatic heterocycles. The van der Waals surface area contributed by atoms with E-state index >= 15 is 0 Å². The minimum atomic E-state index is -0.269. The molecule has 0 bridgehead atoms. The van der Waals surface area contributed by atoms with Gasteiger partial charge >= 0.3 is 0 Å². The summed E-state index contributed by atoms with van der Waals surface area (Å²) in [6.45, 7) is 3.81. The maximum atomic E-state index is 13.3. The zero-order chi connectivity index (χ0) is 17.1. The standard InChI is InChI=1S/C17H21FN4O2/c1-11-8-13(2-3-14(11)18)17-20-15(24-21-17)4-5-16(23)22-7-6-12(9-19)10-22/h2-3,8,12H,4-7,9-10,19H2,1H3. The van der Waals surface area contributed by atoms with Gasteiger partial charge in [0.15, 0.2) is 0 Å². The topological polar surface area (TPSA) is 85.2 Å². The minimum absolute atomic E-state index is 0.0864. The van der Waals surface area contributed by atoms with Crippen LogP contribution in [0.2, 0.25) is 0 Å². The smallest absolute Gasteiger partial charge is 0.227 e. The van der Waals surface area contributed by atoms with Crippen LogP contribution >= 0.6 is 0 Å². The number of nitrogens with two attached hydrogens (primary N) is 1. The molecule has 6 nitrogen and oxygen atoms in total. The summed E-state index contributed by atoms with van der Waals surface area (Å²) in [5, 5.41) is 3.91. The van der Waals surface area contributed by atoms with Crippen molar-refractivity contribution in [2.24, 2.45) is 11.7 Å². The van der Waals surface area contributed by atoms with E-state index < -0.39 is 0 Å². The summed E-state index contributed by atoms with van der Waals surface area (Å²) in [5.74, 6) is 1.04. The molecule has 128 valence electrons. The Hall–Kier alpha value is -2.28. The Balaban J connectivity index is 1.58. The third-order valence-electron chi connectivity index (χ3n) is 4.41. The molecule has 2 heterocycles. The Morgan fingerprint density at radius 3 is 3.04 bits per heavy atom. The van der Waals surface area contributed by atoms with Gasteiger partial charge in [0.05, 0.1) is 0 Å². The fraction of sp³-hybridized carbons (Fsp3) is 0.471. The molecular weight excluding hydrogens is 311 g/mol. The lowest BCUT2D eigenvalue weighted by Gasteiger charge is -2.15. The van der Waals surface area contributed by atoms with Crippen molar-refractivity contribution in [3.63, 3.8) is 0 Å². The number of likely N-dealkylation sites (tertiary alicyclic amines) is 1. The molecular formula is C17H21FN4O2. The Labute approximate surface area is 139 Å². The minimum Gasteiger partial charge on any atom is -0.342 e. The van der Waals surface area contributed by atoms with E-state index in [1.807, 2.05) is 4.90 Å². The van der Waals surface area contributed by atoms with Crippen molar-refractivity contribution >= 4 is 5.91 Å². The number of aryl methyl sites for hydroxylation is 2. The first-order valence-corrected chi connectivity index (χ1v) is 8.13. The lowest BCUT2D eigenvalue weighted by Crippen LogP contribution is -2.30. The van der Waals surface area contributed by atoms with Gasteiger partial charge in [0, 0.05) is 31.5 Å². The summed E-state index contributed by atoms with van der Waals surface area (Å²) in [4.78, 5) is 18.3. The molecule has 1 amide bonds. The zero-order valence-corrected chi connectivity index (χ0v) is 13.7. The number of carbonyl (C=O) groups excluding carboxylic acids is 1. The lowest BCUT2D eigenvalue weighted by atomic mass is 10.1. The number of hydrogen-bond donors (Lipinski definition) is 1. The number of rotatable bonds is 5. The second-order valence-corrected chi connectivity index (χ2v) is 6.21. The molecule has 0 saturated carbocycles. The first-order valence-electron chi connectivity index (χ1n) is 8.13. The van der Waals surface area contributed by atoms with Gasteiger partial charge < -0.3 is 15.2 Å². The van der Waals surface area contributed by atoms with Crippen LogP contribution in [0, 0.1) is 18.7 Å². The molecule has 1 unspecified atom stereocenters. The van der Waals surface area contributed by atoms with Gasteiger partial charge in [-0.2, -0.15) is 4.98 Å². The largest absolute Gasteiger partial charge is 0.342 e. The number of amides is 1. The Bertz CT molecular complexity index is 731. The molecule has 24 heavy (non-hydrogen) atoms. The molecule has 0 radical (unpaired) electrons. The van der Waals surface area contributed by atoms with Crippen molar-refractivity contribution in [2.45, 2.75) is 26.2 Å². The highest BCUT2D eigenvalue weighted by molar-refractivity contribution is 5.76. The van der Waals surface area contributed by atoms with E-state index in [0.717, 1.165) is 19.5 Å². The van der Waals surface area contributed by atoms with E-state index in [4.69, 9.17) is 10.3 Å². The van der Waals surface area contributed by atoms with Crippen molar-refractivity contribution in [3.05, 3.63) is 35.5 Å². The Morgan fingerprint density at radius 1 is 1.50 bits per heavy atom. The van der Waals surface area contributed by atoms with Gasteiger partial charge in [0.2, 0.25) is 17.6 Å². The Morgan fingerprint density at radius 2 is 2.33 bits per heavy atom. The predicted molar refractivity (Wildman–Crippen MR) is 86.5 cm³/mol. The van der Waals surface area contributed by atoms with Gasteiger partial charge in [-0.1, -0.05) is 5.16 Å². The van der Waals surface area contributed by atoms with Crippen molar-refractivity contribution in [2.75, 3.05) is 19.6 Å². The number of carbonyl (C=O) groups is 1. The highest BCUT2D eigenvalue weighted by Crippen LogP contribution is 2.20. The van der Waals surface area contributed by atoms with Crippen LogP contribution in [0.15, 0.2) is 22.7 Å². The molecule has 0 spiro atoms. The lowest BCUT2D eigenvalue weighted by molar-refractivity contribution is -0.130. The molecule has 1 atom stereocenters. The number of halogens is 1. The SMILES string of the molecule is Cc1cc(-c2noc(CCC(=O)N3CCC(CN)C3)n2)ccc1F. The summed E-state index contributed by atoms with van der Waals surface area (Å²) in [6, 6.07) is 4.66. The summed E-state index contributed by atoms with van der Waals surface area (Å²) in [7, 11) is 0. The fourth-order valence-corrected chi connectivity index (χ4v) is 2.88. The highest BCUT2D eigenvalue weighted by atomic mass is 19.1. The summed E-state index contributed by atoms with van der Waals surface area (Å²) < 4.78 is 18.5. The van der Waals surface area contributed by atoms with Gasteiger partial charge in [-0.3, -0.25) is 4.79 Å². The number of nitrogens with zero attached hydrogens (tertiary/aromatic N) is 3. The number of aromatic nitrogens is 2. The molecule has 1 aliphatic rings. The zero-order valence-electron chi connectivity index (χ0n) is 13.7. The van der Waals surface area contributed by atoms with Crippen LogP contribution in [-0.4, -0.2) is 40.6 Å². The molecule has 3 rings (SSSR count). The maximum Gasteiger partial charge on any atom is 0.227 e. The van der Waals surface area contributed by atoms with E-state index in [-0.39, 0.29) is 11.7 Å². The number of benzene rings is 1. The van der Waals surface area contributed by atoms with Gasteiger partial charge in [-0.15, -0.1) is 0 Å². The molecule has 1 aromatic carbocycles. The molecule has 2 N–H and O–H groups in total. The van der Waals surface area contributed by atoms with Crippen LogP contribution in [0.5, 0.6) is 0 Å². The molecule has 1 saturated heterocycles. The van der Waals surface area contributed by atoms with Gasteiger partial charge in [0.1, 0.15) is 5.82 Å². The van der Waals surface area contributed by atoms with Gasteiger partial charge in [-0.05, 0) is 49.6 Å². The second kappa shape index (κ2) is 7.09. The summed E-state index contributed by atoms with van der Waals surface area (Å²) in [6.07, 6.45) is 1.70. The van der Waals surface area contributed by atoms with Crippen molar-refractivity contribution in [1.29, 1.82) is 0 Å². The summed E-state index contributed by atoms with van der Waals surface area (Å²) >= 11 is 0. The monoisotopic (exact) mass is 332 g/mol. The second-order valence-electron chi connectivity index (χ2n) is 6.21. The van der Waals surface area contributed by atoms with Crippen LogP contribution in [0.4, 0.5) is 4.39 Å². The van der Waals surface area contributed by atoms with E-state index in [2.05, 4.69) is 10.1 Å². The third-order valence-corrected chi connectivity index (χ3v) is 4.41. The van der Waals surface area contributed by atoms with Crippen LogP contribution in [0.25, 0.3) is 11.4 Å². The summed E-state index contributed by atoms with van der Waals surface area (Å²) in [5.41, 5.74) is 6.86. The molecule has 1 fully saturated rings. The average molecular weight is 332 g/mol. The predicted octanol–water partition coefficient (Wildman–Crippen LogP) is 1.92. The van der Waals surface area contributed by atoms with Crippen LogP contribution < -0.4 is 5.73 Å². The normalized spacial score (nSPS) is 17.5. The van der Waals surface area contributed by atoms with Gasteiger partial charge in [-0.25, -0.2) is 4.39 Å². The molecule has 1 aromatic heterocycles. The van der Waals surface area contributed by atoms with Crippen molar-refractivity contribution < 1.29 is 13.7 Å². The van der Waals surface area contributed by atoms with Crippen LogP contribution in [0.1, 0.15) is 24.3 Å². The Kier molecular flexibility index (Phi) is 4.89. The first-order chi connectivity index (χ1) is 11.6. The average Bonchev–Trinajstić information content (AvgIpc) is 3.24. The van der Waals surface area contributed by atoms with Crippen LogP contribution in [0.3, 0.4) is 0 Å². The molecule has 0 aliphatic carbocycles. The van der Waals surface area contributed by atoms with Crippen molar-refractivity contribution in [1.82, 2.24) is 15.0 Å². The number of hydrogen-bond acceptors (Lipinski definition) is 5. The molecule has 2 aromatic rings. The van der Waals surface area contributed by atoms with Crippen LogP contribution in [-0.2, 0) is 11.2 Å². The van der Waals surface area contributed by atoms with E-state index in [0.29, 0.717) is 48.1 Å². The van der Waals surface area contributed by atoms with E-state index in [1.165, 1.54) is 6.07 Å². The van der Waals surface area contributed by atoms with E-state index in [1.54, 1.807) is 19.1 Å². The fourth-order valence-electron chi connectivity index (χ4n) is 2.88.